The second-order valence-corrected chi connectivity index (χ2v) is 6.41. The summed E-state index contributed by atoms with van der Waals surface area (Å²) >= 11 is 0. The Morgan fingerprint density at radius 2 is 1.71 bits per heavy atom. The van der Waals surface area contributed by atoms with Gasteiger partial charge in [0.2, 0.25) is 0 Å². The number of rotatable bonds is 5. The van der Waals surface area contributed by atoms with E-state index >= 15 is 0 Å². The van der Waals surface area contributed by atoms with Gasteiger partial charge in [-0.2, -0.15) is 0 Å². The minimum atomic E-state index is -0.512. The fourth-order valence-electron chi connectivity index (χ4n) is 3.03. The van der Waals surface area contributed by atoms with Crippen LogP contribution >= 0.6 is 0 Å². The van der Waals surface area contributed by atoms with Crippen molar-refractivity contribution >= 4 is 29.0 Å². The summed E-state index contributed by atoms with van der Waals surface area (Å²) < 4.78 is 10.1. The van der Waals surface area contributed by atoms with E-state index in [0.29, 0.717) is 48.7 Å². The zero-order valence-corrected chi connectivity index (χ0v) is 15.9. The molecule has 0 spiro atoms. The molecule has 1 N–H and O–H groups in total. The summed E-state index contributed by atoms with van der Waals surface area (Å²) in [6, 6.07) is 11.6. The molecule has 1 aliphatic heterocycles. The first-order valence-electron chi connectivity index (χ1n) is 8.97. The van der Waals surface area contributed by atoms with E-state index in [4.69, 9.17) is 9.47 Å². The third-order valence-electron chi connectivity index (χ3n) is 4.55. The number of hydrogen-bond donors (Lipinski definition) is 1. The number of anilines is 2. The zero-order valence-electron chi connectivity index (χ0n) is 15.9. The van der Waals surface area contributed by atoms with Crippen LogP contribution in [-0.4, -0.2) is 51.1 Å². The summed E-state index contributed by atoms with van der Waals surface area (Å²) in [5.41, 5.74) is 2.49. The number of nitrogens with zero attached hydrogens (tertiary/aromatic N) is 1. The maximum atomic E-state index is 12.8. The third-order valence-corrected chi connectivity index (χ3v) is 4.55. The fraction of sp³-hybridized carbons (Fsp3) is 0.286. The number of carbonyl (C=O) groups excluding carboxylic acids is 3. The van der Waals surface area contributed by atoms with Gasteiger partial charge in [-0.3, -0.25) is 9.59 Å². The molecule has 0 radical (unpaired) electrons. The molecule has 28 heavy (non-hydrogen) atoms. The molecule has 0 aliphatic carbocycles. The molecule has 0 atom stereocenters. The number of carbonyl (C=O) groups is 3. The highest BCUT2D eigenvalue weighted by atomic mass is 16.5. The smallest absolute Gasteiger partial charge is 0.337 e. The van der Waals surface area contributed by atoms with Crippen molar-refractivity contribution in [2.75, 3.05) is 43.6 Å². The van der Waals surface area contributed by atoms with Crippen LogP contribution < -0.4 is 10.2 Å². The van der Waals surface area contributed by atoms with Crippen LogP contribution in [-0.2, 0) is 9.47 Å². The highest BCUT2D eigenvalue weighted by Gasteiger charge is 2.18. The number of morpholine rings is 1. The quantitative estimate of drug-likeness (QED) is 0.632. The van der Waals surface area contributed by atoms with E-state index in [0.717, 1.165) is 5.69 Å². The van der Waals surface area contributed by atoms with Crippen molar-refractivity contribution in [3.8, 4) is 0 Å². The first-order chi connectivity index (χ1) is 13.5. The molecule has 146 valence electrons. The topological polar surface area (TPSA) is 84.9 Å². The van der Waals surface area contributed by atoms with Gasteiger partial charge in [0, 0.05) is 24.2 Å². The summed E-state index contributed by atoms with van der Waals surface area (Å²) in [4.78, 5) is 38.4. The van der Waals surface area contributed by atoms with Crippen LogP contribution in [0.4, 0.5) is 11.4 Å². The fourth-order valence-corrected chi connectivity index (χ4v) is 3.03. The number of Topliss-reactive ketones (excluding diaryl/α,β-unsaturated/α-hetero) is 1. The van der Waals surface area contributed by atoms with Gasteiger partial charge in [-0.15, -0.1) is 0 Å². The van der Waals surface area contributed by atoms with Gasteiger partial charge in [-0.25, -0.2) is 4.79 Å². The summed E-state index contributed by atoms with van der Waals surface area (Å²) in [6.07, 6.45) is 0. The van der Waals surface area contributed by atoms with Crippen LogP contribution in [0.3, 0.4) is 0 Å². The average molecular weight is 382 g/mol. The standard InChI is InChI=1S/C21H22N2O5/c1-14(24)15-6-7-19(23-8-10-28-11-9-23)18(13-15)22-20(25)16-4-3-5-17(12-16)21(26)27-2/h3-7,12-13H,8-11H2,1-2H3,(H,22,25). The number of benzene rings is 2. The second kappa shape index (κ2) is 8.67. The summed E-state index contributed by atoms with van der Waals surface area (Å²) in [5, 5.41) is 2.88. The van der Waals surface area contributed by atoms with Crippen LogP contribution in [0.2, 0.25) is 0 Å². The number of hydrogen-bond acceptors (Lipinski definition) is 6. The van der Waals surface area contributed by atoms with Gasteiger partial charge in [-0.1, -0.05) is 6.07 Å². The van der Waals surface area contributed by atoms with Crippen molar-refractivity contribution in [1.29, 1.82) is 0 Å². The number of nitrogens with one attached hydrogen (secondary N) is 1. The lowest BCUT2D eigenvalue weighted by Crippen LogP contribution is -2.36. The summed E-state index contributed by atoms with van der Waals surface area (Å²) in [7, 11) is 1.29. The van der Waals surface area contributed by atoms with E-state index in [1.807, 2.05) is 6.07 Å². The molecular formula is C21H22N2O5. The Kier molecular flexibility index (Phi) is 6.06. The molecule has 1 fully saturated rings. The van der Waals surface area contributed by atoms with Crippen molar-refractivity contribution in [3.63, 3.8) is 0 Å². The van der Waals surface area contributed by atoms with E-state index in [9.17, 15) is 14.4 Å². The number of esters is 1. The van der Waals surface area contributed by atoms with Crippen LogP contribution in [0.1, 0.15) is 38.0 Å². The monoisotopic (exact) mass is 382 g/mol. The lowest BCUT2D eigenvalue weighted by Gasteiger charge is -2.30. The van der Waals surface area contributed by atoms with Gasteiger partial charge in [0.1, 0.15) is 0 Å². The minimum absolute atomic E-state index is 0.0864. The molecule has 7 heteroatoms. The third kappa shape index (κ3) is 4.37. The van der Waals surface area contributed by atoms with Crippen LogP contribution in [0.25, 0.3) is 0 Å². The van der Waals surface area contributed by atoms with Crippen molar-refractivity contribution in [3.05, 3.63) is 59.2 Å². The van der Waals surface area contributed by atoms with E-state index < -0.39 is 5.97 Å². The Morgan fingerprint density at radius 1 is 1.00 bits per heavy atom. The first kappa shape index (κ1) is 19.6. The average Bonchev–Trinajstić information content (AvgIpc) is 2.73. The van der Waals surface area contributed by atoms with Crippen molar-refractivity contribution in [2.45, 2.75) is 6.92 Å². The molecule has 0 bridgehead atoms. The Balaban J connectivity index is 1.91. The molecule has 3 rings (SSSR count). The highest BCUT2D eigenvalue weighted by Crippen LogP contribution is 2.29. The molecule has 2 aromatic rings. The molecule has 2 aromatic carbocycles. The molecular weight excluding hydrogens is 360 g/mol. The Morgan fingerprint density at radius 3 is 2.39 bits per heavy atom. The molecule has 0 unspecified atom stereocenters. The normalized spacial score (nSPS) is 13.7. The number of ether oxygens (including phenoxy) is 2. The van der Waals surface area contributed by atoms with Crippen LogP contribution in [0.5, 0.6) is 0 Å². The zero-order chi connectivity index (χ0) is 20.1. The Labute approximate surface area is 163 Å². The van der Waals surface area contributed by atoms with Crippen molar-refractivity contribution < 1.29 is 23.9 Å². The predicted molar refractivity (Wildman–Crippen MR) is 105 cm³/mol. The van der Waals surface area contributed by atoms with Crippen molar-refractivity contribution in [2.24, 2.45) is 0 Å². The van der Waals surface area contributed by atoms with Gasteiger partial charge in [0.25, 0.3) is 5.91 Å². The Hall–Kier alpha value is -3.19. The van der Waals surface area contributed by atoms with Gasteiger partial charge in [-0.05, 0) is 43.3 Å². The molecule has 0 saturated carbocycles. The number of amides is 1. The van der Waals surface area contributed by atoms with Crippen LogP contribution in [0, 0.1) is 0 Å². The lowest BCUT2D eigenvalue weighted by molar-refractivity contribution is 0.0600. The second-order valence-electron chi connectivity index (χ2n) is 6.41. The van der Waals surface area contributed by atoms with Gasteiger partial charge in [0.05, 0.1) is 37.3 Å². The largest absolute Gasteiger partial charge is 0.465 e. The van der Waals surface area contributed by atoms with Crippen LogP contribution in [0.15, 0.2) is 42.5 Å². The molecule has 7 nitrogen and oxygen atoms in total. The maximum absolute atomic E-state index is 12.8. The molecule has 1 saturated heterocycles. The molecule has 0 aromatic heterocycles. The Bertz CT molecular complexity index is 903. The number of ketones is 1. The lowest BCUT2D eigenvalue weighted by atomic mass is 10.1. The summed E-state index contributed by atoms with van der Waals surface area (Å²) in [5.74, 6) is -0.972. The van der Waals surface area contributed by atoms with Gasteiger partial charge in [0.15, 0.2) is 5.78 Å². The minimum Gasteiger partial charge on any atom is -0.465 e. The van der Waals surface area contributed by atoms with E-state index in [1.165, 1.54) is 20.1 Å². The van der Waals surface area contributed by atoms with E-state index in [-0.39, 0.29) is 11.7 Å². The van der Waals surface area contributed by atoms with E-state index in [1.54, 1.807) is 30.3 Å². The van der Waals surface area contributed by atoms with E-state index in [2.05, 4.69) is 10.2 Å². The number of methoxy groups -OCH3 is 1. The molecule has 1 heterocycles. The SMILES string of the molecule is COC(=O)c1cccc(C(=O)Nc2cc(C(C)=O)ccc2N2CCOCC2)c1. The first-order valence-corrected chi connectivity index (χ1v) is 8.97. The highest BCUT2D eigenvalue weighted by molar-refractivity contribution is 6.08. The van der Waals surface area contributed by atoms with Crippen molar-refractivity contribution in [1.82, 2.24) is 0 Å². The predicted octanol–water partition coefficient (Wildman–Crippen LogP) is 2.76. The maximum Gasteiger partial charge on any atom is 0.337 e. The molecule has 1 aliphatic rings. The summed E-state index contributed by atoms with van der Waals surface area (Å²) in [6.45, 7) is 4.07. The van der Waals surface area contributed by atoms with Gasteiger partial charge < -0.3 is 19.7 Å². The van der Waals surface area contributed by atoms with Gasteiger partial charge >= 0.3 is 5.97 Å². The molecule has 1 amide bonds.